The molecule has 4 heteroatoms. The first-order valence-corrected chi connectivity index (χ1v) is 8.86. The van der Waals surface area contributed by atoms with Crippen LogP contribution in [0.3, 0.4) is 0 Å². The summed E-state index contributed by atoms with van der Waals surface area (Å²) in [4.78, 5) is 4.76. The summed E-state index contributed by atoms with van der Waals surface area (Å²) >= 11 is 1.69. The molecule has 0 unspecified atom stereocenters. The second-order valence-corrected chi connectivity index (χ2v) is 6.78. The van der Waals surface area contributed by atoms with E-state index < -0.39 is 0 Å². The van der Waals surface area contributed by atoms with Crippen LogP contribution >= 0.6 is 11.3 Å². The van der Waals surface area contributed by atoms with Gasteiger partial charge in [0.2, 0.25) is 0 Å². The molecule has 2 aromatic carbocycles. The van der Waals surface area contributed by atoms with E-state index >= 15 is 0 Å². The molecule has 0 spiro atoms. The number of hydrogen-bond acceptors (Lipinski definition) is 4. The fourth-order valence-electron chi connectivity index (χ4n) is 2.42. The lowest BCUT2D eigenvalue weighted by molar-refractivity contribution is 0.242. The van der Waals surface area contributed by atoms with E-state index in [9.17, 15) is 0 Å². The van der Waals surface area contributed by atoms with Crippen molar-refractivity contribution in [3.8, 4) is 22.8 Å². The molecule has 0 atom stereocenters. The van der Waals surface area contributed by atoms with Gasteiger partial charge in [0.25, 0.3) is 0 Å². The highest BCUT2D eigenvalue weighted by Crippen LogP contribution is 2.26. The minimum atomic E-state index is 0.186. The topological polar surface area (TPSA) is 31.4 Å². The number of hydrogen-bond donors (Lipinski definition) is 0. The molecule has 3 aromatic rings. The molecule has 1 heterocycles. The van der Waals surface area contributed by atoms with E-state index in [0.717, 1.165) is 34.2 Å². The average Bonchev–Trinajstić information content (AvgIpc) is 3.04. The predicted octanol–water partition coefficient (Wildman–Crippen LogP) is 5.20. The molecule has 1 aromatic heterocycles. The minimum Gasteiger partial charge on any atom is -0.497 e. The van der Waals surface area contributed by atoms with Gasteiger partial charge in [-0.05, 0) is 55.8 Å². The molecule has 0 aliphatic rings. The first kappa shape index (κ1) is 16.5. The van der Waals surface area contributed by atoms with Crippen molar-refractivity contribution < 1.29 is 9.47 Å². The van der Waals surface area contributed by atoms with E-state index in [4.69, 9.17) is 14.5 Å². The molecular formula is C20H21NO2S. The third kappa shape index (κ3) is 4.15. The zero-order valence-corrected chi connectivity index (χ0v) is 15.0. The Balaban J connectivity index is 1.70. The third-order valence-corrected chi connectivity index (χ3v) is 4.44. The zero-order valence-electron chi connectivity index (χ0n) is 14.2. The van der Waals surface area contributed by atoms with E-state index in [2.05, 4.69) is 29.6 Å². The van der Waals surface area contributed by atoms with Gasteiger partial charge >= 0.3 is 0 Å². The van der Waals surface area contributed by atoms with Crippen molar-refractivity contribution in [1.82, 2.24) is 4.98 Å². The SMILES string of the molecule is COc1ccc(Cc2nc(-c3ccc(OC(C)C)cc3)cs2)cc1. The molecule has 24 heavy (non-hydrogen) atoms. The number of methoxy groups -OCH3 is 1. The van der Waals surface area contributed by atoms with Crippen LogP contribution < -0.4 is 9.47 Å². The maximum Gasteiger partial charge on any atom is 0.119 e. The lowest BCUT2D eigenvalue weighted by atomic mass is 10.1. The van der Waals surface area contributed by atoms with E-state index in [1.54, 1.807) is 18.4 Å². The predicted molar refractivity (Wildman–Crippen MR) is 99.1 cm³/mol. The highest BCUT2D eigenvalue weighted by molar-refractivity contribution is 7.10. The van der Waals surface area contributed by atoms with Crippen LogP contribution in [0.2, 0.25) is 0 Å². The molecule has 0 N–H and O–H groups in total. The first-order chi connectivity index (χ1) is 11.6. The number of benzene rings is 2. The summed E-state index contributed by atoms with van der Waals surface area (Å²) in [6, 6.07) is 16.2. The van der Waals surface area contributed by atoms with E-state index in [0.29, 0.717) is 0 Å². The zero-order chi connectivity index (χ0) is 16.9. The minimum absolute atomic E-state index is 0.186. The second kappa shape index (κ2) is 7.49. The molecule has 3 rings (SSSR count). The summed E-state index contributed by atoms with van der Waals surface area (Å²) in [5.41, 5.74) is 3.36. The summed E-state index contributed by atoms with van der Waals surface area (Å²) in [5, 5.41) is 3.22. The Labute approximate surface area is 146 Å². The van der Waals surface area contributed by atoms with Crippen LogP contribution in [0.15, 0.2) is 53.9 Å². The highest BCUT2D eigenvalue weighted by atomic mass is 32.1. The standard InChI is InChI=1S/C20H21NO2S/c1-14(2)23-18-10-6-16(7-11-18)19-13-24-20(21-19)12-15-4-8-17(22-3)9-5-15/h4-11,13-14H,12H2,1-3H3. The van der Waals surface area contributed by atoms with Gasteiger partial charge in [0.15, 0.2) is 0 Å². The summed E-state index contributed by atoms with van der Waals surface area (Å²) < 4.78 is 10.9. The van der Waals surface area contributed by atoms with Crippen molar-refractivity contribution >= 4 is 11.3 Å². The van der Waals surface area contributed by atoms with Gasteiger partial charge in [0, 0.05) is 17.4 Å². The van der Waals surface area contributed by atoms with Crippen molar-refractivity contribution in [2.45, 2.75) is 26.4 Å². The summed E-state index contributed by atoms with van der Waals surface area (Å²) in [5.74, 6) is 1.77. The monoisotopic (exact) mass is 339 g/mol. The molecule has 0 aliphatic carbocycles. The fraction of sp³-hybridized carbons (Fsp3) is 0.250. The van der Waals surface area contributed by atoms with Crippen LogP contribution in [0, 0.1) is 0 Å². The van der Waals surface area contributed by atoms with Gasteiger partial charge in [0.1, 0.15) is 11.5 Å². The molecule has 124 valence electrons. The number of aromatic nitrogens is 1. The Hall–Kier alpha value is -2.33. The average molecular weight is 339 g/mol. The number of thiazole rings is 1. The molecule has 0 amide bonds. The third-order valence-electron chi connectivity index (χ3n) is 3.59. The van der Waals surface area contributed by atoms with Gasteiger partial charge in [-0.15, -0.1) is 11.3 Å². The Bertz CT molecular complexity index is 776. The van der Waals surface area contributed by atoms with Crippen LogP contribution in [0.1, 0.15) is 24.4 Å². The first-order valence-electron chi connectivity index (χ1n) is 7.98. The normalized spacial score (nSPS) is 10.8. The molecule has 0 radical (unpaired) electrons. The van der Waals surface area contributed by atoms with Gasteiger partial charge in [0.05, 0.1) is 23.9 Å². The summed E-state index contributed by atoms with van der Waals surface area (Å²) in [6.45, 7) is 4.06. The molecule has 3 nitrogen and oxygen atoms in total. The summed E-state index contributed by atoms with van der Waals surface area (Å²) in [6.07, 6.45) is 1.02. The smallest absolute Gasteiger partial charge is 0.119 e. The highest BCUT2D eigenvalue weighted by Gasteiger charge is 2.07. The van der Waals surface area contributed by atoms with Crippen LogP contribution in [0.5, 0.6) is 11.5 Å². The van der Waals surface area contributed by atoms with E-state index in [-0.39, 0.29) is 6.10 Å². The van der Waals surface area contributed by atoms with Gasteiger partial charge in [-0.1, -0.05) is 12.1 Å². The lowest BCUT2D eigenvalue weighted by Crippen LogP contribution is -2.05. The van der Waals surface area contributed by atoms with Crippen molar-refractivity contribution in [3.05, 3.63) is 64.5 Å². The Morgan fingerprint density at radius 2 is 1.62 bits per heavy atom. The van der Waals surface area contributed by atoms with Crippen molar-refractivity contribution in [2.24, 2.45) is 0 Å². The van der Waals surface area contributed by atoms with E-state index in [1.165, 1.54) is 5.56 Å². The molecule has 0 saturated carbocycles. The summed E-state index contributed by atoms with van der Waals surface area (Å²) in [7, 11) is 1.68. The van der Waals surface area contributed by atoms with Gasteiger partial charge in [-0.2, -0.15) is 0 Å². The molecule has 0 bridgehead atoms. The van der Waals surface area contributed by atoms with Crippen LogP contribution in [-0.4, -0.2) is 18.2 Å². The maximum atomic E-state index is 5.68. The molecular weight excluding hydrogens is 318 g/mol. The Morgan fingerprint density at radius 3 is 2.25 bits per heavy atom. The number of ether oxygens (including phenoxy) is 2. The quantitative estimate of drug-likeness (QED) is 0.619. The molecule has 0 fully saturated rings. The van der Waals surface area contributed by atoms with Crippen LogP contribution in [0.4, 0.5) is 0 Å². The maximum absolute atomic E-state index is 5.68. The Kier molecular flexibility index (Phi) is 5.16. The number of rotatable bonds is 6. The second-order valence-electron chi connectivity index (χ2n) is 5.84. The lowest BCUT2D eigenvalue weighted by Gasteiger charge is -2.09. The fourth-order valence-corrected chi connectivity index (χ4v) is 3.26. The number of nitrogens with zero attached hydrogens (tertiary/aromatic N) is 1. The van der Waals surface area contributed by atoms with Crippen molar-refractivity contribution in [2.75, 3.05) is 7.11 Å². The largest absolute Gasteiger partial charge is 0.497 e. The molecule has 0 saturated heterocycles. The Morgan fingerprint density at radius 1 is 0.958 bits per heavy atom. The molecule has 0 aliphatic heterocycles. The van der Waals surface area contributed by atoms with E-state index in [1.807, 2.05) is 38.1 Å². The van der Waals surface area contributed by atoms with Gasteiger partial charge < -0.3 is 9.47 Å². The van der Waals surface area contributed by atoms with Crippen molar-refractivity contribution in [1.29, 1.82) is 0 Å². The van der Waals surface area contributed by atoms with Crippen LogP contribution in [0.25, 0.3) is 11.3 Å². The van der Waals surface area contributed by atoms with Crippen molar-refractivity contribution in [3.63, 3.8) is 0 Å². The van der Waals surface area contributed by atoms with Gasteiger partial charge in [-0.25, -0.2) is 4.98 Å². The van der Waals surface area contributed by atoms with Gasteiger partial charge in [-0.3, -0.25) is 0 Å². The van der Waals surface area contributed by atoms with Crippen LogP contribution in [-0.2, 0) is 6.42 Å².